The largest absolute Gasteiger partial charge is 0.330 e. The van der Waals surface area contributed by atoms with Crippen molar-refractivity contribution in [1.29, 1.82) is 0 Å². The number of Topliss-reactive ketones (excluding diaryl/α,β-unsaturated/α-hetero) is 1. The summed E-state index contributed by atoms with van der Waals surface area (Å²) in [7, 11) is 0. The number of carbonyl (C=O) groups excluding carboxylic acids is 3. The summed E-state index contributed by atoms with van der Waals surface area (Å²) in [6.45, 7) is 0.328. The van der Waals surface area contributed by atoms with Crippen LogP contribution >= 0.6 is 11.8 Å². The number of hydrogen-bond donors (Lipinski definition) is 1. The first kappa shape index (κ1) is 22.0. The second-order valence-corrected chi connectivity index (χ2v) is 8.81. The number of fused-ring (bicyclic) bond motifs is 1. The van der Waals surface area contributed by atoms with Crippen LogP contribution in [0.2, 0.25) is 0 Å². The molecule has 32 heavy (non-hydrogen) atoms. The second-order valence-electron chi connectivity index (χ2n) is 7.78. The molecule has 2 aromatic carbocycles. The molecule has 2 aliphatic rings. The van der Waals surface area contributed by atoms with Crippen molar-refractivity contribution in [2.45, 2.75) is 24.3 Å². The molecule has 0 bridgehead atoms. The Bertz CT molecular complexity index is 1050. The van der Waals surface area contributed by atoms with E-state index in [1.165, 1.54) is 22.6 Å². The zero-order valence-corrected chi connectivity index (χ0v) is 18.2. The molecule has 1 radical (unpaired) electrons. The predicted molar refractivity (Wildman–Crippen MR) is 121 cm³/mol. The van der Waals surface area contributed by atoms with Gasteiger partial charge in [-0.2, -0.15) is 17.6 Å². The molecule has 2 heterocycles. The monoisotopic (exact) mass is 452 g/mol. The van der Waals surface area contributed by atoms with Gasteiger partial charge in [-0.25, -0.2) is 0 Å². The Morgan fingerprint density at radius 2 is 1.81 bits per heavy atom. The lowest BCUT2D eigenvalue weighted by molar-refractivity contribution is -0.474. The summed E-state index contributed by atoms with van der Waals surface area (Å²) in [6, 6.07) is 15.2. The molecule has 0 aliphatic carbocycles. The number of para-hydroxylation sites is 1. The molecule has 2 N–H and O–H groups in total. The topological polar surface area (TPSA) is 104 Å². The van der Waals surface area contributed by atoms with Gasteiger partial charge in [0.15, 0.2) is 10.7 Å². The van der Waals surface area contributed by atoms with E-state index in [9.17, 15) is 19.3 Å². The Kier molecular flexibility index (Phi) is 6.55. The van der Waals surface area contributed by atoms with Crippen molar-refractivity contribution in [2.75, 3.05) is 18.8 Å². The number of nitrogens with zero attached hydrogens (tertiary/aromatic N) is 3. The Morgan fingerprint density at radius 1 is 1.09 bits per heavy atom. The van der Waals surface area contributed by atoms with E-state index in [1.54, 1.807) is 35.2 Å². The van der Waals surface area contributed by atoms with Crippen LogP contribution in [0, 0.1) is 11.3 Å². The minimum atomic E-state index is -0.643. The number of thioether (sulfide) groups is 1. The quantitative estimate of drug-likeness (QED) is 0.299. The predicted octanol–water partition coefficient (Wildman–Crippen LogP) is 2.10. The Balaban J connectivity index is 1.38. The normalized spacial score (nSPS) is 19.8. The number of rotatable bonds is 7. The number of carbonyl (C=O) groups is 3. The van der Waals surface area contributed by atoms with Gasteiger partial charge in [-0.05, 0) is 18.1 Å². The number of nitroso groups, excluding NO2 is 1. The van der Waals surface area contributed by atoms with Gasteiger partial charge in [0, 0.05) is 24.1 Å². The van der Waals surface area contributed by atoms with Crippen LogP contribution in [0.4, 0.5) is 5.69 Å². The van der Waals surface area contributed by atoms with Gasteiger partial charge in [0.2, 0.25) is 5.91 Å². The van der Waals surface area contributed by atoms with Crippen molar-refractivity contribution >= 4 is 35.0 Å². The molecule has 4 rings (SSSR count). The molecule has 2 aromatic rings. The van der Waals surface area contributed by atoms with Gasteiger partial charge < -0.3 is 9.80 Å². The van der Waals surface area contributed by atoms with Crippen LogP contribution in [0.5, 0.6) is 0 Å². The number of hydrogen-bond acceptors (Lipinski definition) is 5. The summed E-state index contributed by atoms with van der Waals surface area (Å²) in [5.41, 5.74) is 1.38. The van der Waals surface area contributed by atoms with E-state index in [4.69, 9.17) is 5.84 Å². The third-order valence-corrected chi connectivity index (χ3v) is 6.77. The molecule has 0 aromatic heterocycles. The summed E-state index contributed by atoms with van der Waals surface area (Å²) in [5, 5.41) is 0. The van der Waals surface area contributed by atoms with Gasteiger partial charge in [-0.15, -0.1) is 0 Å². The van der Waals surface area contributed by atoms with Crippen molar-refractivity contribution in [3.8, 4) is 0 Å². The molecular formula is C23H24N4O4S+. The van der Waals surface area contributed by atoms with Gasteiger partial charge in [0.05, 0.1) is 23.9 Å². The van der Waals surface area contributed by atoms with Crippen LogP contribution in [0.1, 0.15) is 22.3 Å². The van der Waals surface area contributed by atoms with Crippen molar-refractivity contribution in [2.24, 2.45) is 5.84 Å². The fourth-order valence-electron chi connectivity index (χ4n) is 4.34. The highest BCUT2D eigenvalue weighted by atomic mass is 32.2. The molecule has 2 aliphatic heterocycles. The van der Waals surface area contributed by atoms with E-state index in [0.717, 1.165) is 5.75 Å². The Morgan fingerprint density at radius 3 is 2.56 bits per heavy atom. The average molecular weight is 453 g/mol. The molecule has 2 saturated heterocycles. The van der Waals surface area contributed by atoms with E-state index in [0.29, 0.717) is 18.7 Å². The Hall–Kier alpha value is -3.20. The SMILES string of the molecule is N[N+](=O)c1ccccc1C(=O)N1CC(=O)C2C1CCN2C(=O)[CH]CSCc1ccccc1. The lowest BCUT2D eigenvalue weighted by Crippen LogP contribution is -2.43. The fraction of sp³-hybridized carbons (Fsp3) is 0.304. The summed E-state index contributed by atoms with van der Waals surface area (Å²) in [4.78, 5) is 53.5. The first-order valence-corrected chi connectivity index (χ1v) is 11.5. The summed E-state index contributed by atoms with van der Waals surface area (Å²) >= 11 is 1.63. The van der Waals surface area contributed by atoms with Crippen LogP contribution in [-0.2, 0) is 15.3 Å². The first-order valence-electron chi connectivity index (χ1n) is 10.4. The van der Waals surface area contributed by atoms with Crippen molar-refractivity contribution in [1.82, 2.24) is 9.80 Å². The smallest absolute Gasteiger partial charge is 0.304 e. The maximum absolute atomic E-state index is 13.1. The molecule has 8 nitrogen and oxygen atoms in total. The van der Waals surface area contributed by atoms with Crippen molar-refractivity contribution in [3.05, 3.63) is 77.1 Å². The third-order valence-electron chi connectivity index (χ3n) is 5.83. The lowest BCUT2D eigenvalue weighted by Gasteiger charge is -2.24. The van der Waals surface area contributed by atoms with Crippen molar-refractivity contribution in [3.63, 3.8) is 0 Å². The van der Waals surface area contributed by atoms with Gasteiger partial charge in [0.25, 0.3) is 5.91 Å². The molecule has 0 spiro atoms. The van der Waals surface area contributed by atoms with E-state index in [1.807, 2.05) is 30.3 Å². The number of nitrogens with two attached hydrogens (primary N) is 1. The molecule has 0 saturated carbocycles. The van der Waals surface area contributed by atoms with E-state index in [-0.39, 0.29) is 34.4 Å². The molecular weight excluding hydrogens is 428 g/mol. The summed E-state index contributed by atoms with van der Waals surface area (Å²) in [5.74, 6) is 5.89. The van der Waals surface area contributed by atoms with Gasteiger partial charge >= 0.3 is 5.69 Å². The highest BCUT2D eigenvalue weighted by molar-refractivity contribution is 7.98. The zero-order chi connectivity index (χ0) is 22.7. The fourth-order valence-corrected chi connectivity index (χ4v) is 5.15. The molecule has 2 fully saturated rings. The van der Waals surface area contributed by atoms with Crippen LogP contribution in [0.25, 0.3) is 0 Å². The molecule has 165 valence electrons. The molecule has 9 heteroatoms. The standard InChI is InChI=1S/C23H24N4O4S/c24-27(31)18-9-5-4-8-17(18)23(30)26-14-20(28)22-19(26)10-12-25(22)21(29)11-13-32-15-16-6-2-1-3-7-16/h1-9,11,19,22H,10,12-15H2,(H2,24,31)/q+1. The number of likely N-dealkylation sites (tertiary alicyclic amines) is 2. The maximum atomic E-state index is 13.1. The highest BCUT2D eigenvalue weighted by Crippen LogP contribution is 2.32. The van der Waals surface area contributed by atoms with Gasteiger partial charge in [-0.3, -0.25) is 14.4 Å². The number of benzene rings is 2. The van der Waals surface area contributed by atoms with E-state index in [2.05, 4.69) is 0 Å². The number of amides is 2. The van der Waals surface area contributed by atoms with E-state index < -0.39 is 18.0 Å². The zero-order valence-electron chi connectivity index (χ0n) is 17.4. The summed E-state index contributed by atoms with van der Waals surface area (Å²) < 4.78 is 0. The van der Waals surface area contributed by atoms with Crippen LogP contribution in [-0.4, -0.2) is 63.2 Å². The molecule has 2 atom stereocenters. The highest BCUT2D eigenvalue weighted by Gasteiger charge is 2.51. The minimum Gasteiger partial charge on any atom is -0.330 e. The summed E-state index contributed by atoms with van der Waals surface area (Å²) in [6.07, 6.45) is 2.12. The van der Waals surface area contributed by atoms with E-state index >= 15 is 0 Å². The number of hydrazine groups is 1. The van der Waals surface area contributed by atoms with Gasteiger partial charge in [-0.1, -0.05) is 42.5 Å². The van der Waals surface area contributed by atoms with Crippen LogP contribution in [0.3, 0.4) is 0 Å². The molecule has 2 unspecified atom stereocenters. The average Bonchev–Trinajstić information content (AvgIpc) is 3.38. The van der Waals surface area contributed by atoms with Crippen molar-refractivity contribution < 1.29 is 19.3 Å². The van der Waals surface area contributed by atoms with Gasteiger partial charge in [0.1, 0.15) is 11.6 Å². The van der Waals surface area contributed by atoms with Crippen LogP contribution in [0.15, 0.2) is 54.6 Å². The third kappa shape index (κ3) is 4.38. The van der Waals surface area contributed by atoms with Crippen LogP contribution < -0.4 is 5.84 Å². The maximum Gasteiger partial charge on any atom is 0.304 e. The molecule has 2 amide bonds. The second kappa shape index (κ2) is 9.52. The lowest BCUT2D eigenvalue weighted by atomic mass is 10.1. The Labute approximate surface area is 190 Å². The first-order chi connectivity index (χ1) is 15.5. The number of ketones is 1. The minimum absolute atomic E-state index is 0.0445.